The summed E-state index contributed by atoms with van der Waals surface area (Å²) in [4.78, 5) is 3.75. The molecule has 0 saturated heterocycles. The summed E-state index contributed by atoms with van der Waals surface area (Å²) in [6, 6.07) is 13.6. The third-order valence-corrected chi connectivity index (χ3v) is 25.7. The number of aromatic amines is 1. The van der Waals surface area contributed by atoms with E-state index >= 15 is 0 Å². The van der Waals surface area contributed by atoms with Gasteiger partial charge in [-0.15, -0.1) is 24.8 Å². The van der Waals surface area contributed by atoms with Crippen LogP contribution in [0.1, 0.15) is 70.7 Å². The Morgan fingerprint density at radius 1 is 0.857 bits per heavy atom. The van der Waals surface area contributed by atoms with E-state index in [9.17, 15) is 0 Å². The van der Waals surface area contributed by atoms with Crippen molar-refractivity contribution in [2.24, 2.45) is 0 Å². The van der Waals surface area contributed by atoms with Crippen LogP contribution in [0.15, 0.2) is 48.7 Å². The second kappa shape index (κ2) is 7.91. The molecule has 1 nitrogen and oxygen atoms in total. The maximum absolute atomic E-state index is 3.75. The number of rotatable bonds is 2. The second-order valence-corrected chi connectivity index (χ2v) is 22.6. The third kappa shape index (κ3) is 2.73. The molecule has 0 spiro atoms. The van der Waals surface area contributed by atoms with Gasteiger partial charge in [0.2, 0.25) is 0 Å². The van der Waals surface area contributed by atoms with Crippen molar-refractivity contribution in [2.45, 2.75) is 67.1 Å². The van der Waals surface area contributed by atoms with Gasteiger partial charge in [-0.25, -0.2) is 0 Å². The number of nitrogens with one attached hydrogen (secondary N) is 1. The molecule has 0 fully saturated rings. The Kier molecular flexibility index (Phi) is 7.19. The van der Waals surface area contributed by atoms with Crippen LogP contribution in [0.4, 0.5) is 0 Å². The molecule has 0 bridgehead atoms. The molecule has 1 aromatic carbocycles. The summed E-state index contributed by atoms with van der Waals surface area (Å²) in [6.07, 6.45) is 7.03. The van der Waals surface area contributed by atoms with Crippen molar-refractivity contribution in [3.63, 3.8) is 0 Å². The first-order valence-corrected chi connectivity index (χ1v) is 13.9. The smallest absolute Gasteiger partial charge is 0.147 e. The van der Waals surface area contributed by atoms with Gasteiger partial charge in [0.15, 0.2) is 0 Å². The molecular formula is C24H37Cl2NTi. The van der Waals surface area contributed by atoms with Crippen LogP contribution in [0.3, 0.4) is 0 Å². The molecule has 1 heterocycles. The minimum absolute atomic E-state index is 0. The summed E-state index contributed by atoms with van der Waals surface area (Å²) >= 11 is -3.70. The van der Waals surface area contributed by atoms with Crippen LogP contribution in [0.2, 0.25) is 7.44 Å². The number of halogens is 2. The maximum Gasteiger partial charge on any atom is -0.147 e. The van der Waals surface area contributed by atoms with Gasteiger partial charge in [-0.05, 0) is 0 Å². The fourth-order valence-corrected chi connectivity index (χ4v) is 26.9. The molecule has 1 aliphatic rings. The fourth-order valence-electron chi connectivity index (χ4n) is 7.52. The summed E-state index contributed by atoms with van der Waals surface area (Å²) in [5.41, 5.74) is 2.92. The number of allylic oxidation sites excluding steroid dienone is 1. The molecule has 156 valence electrons. The topological polar surface area (TPSA) is 15.8 Å². The van der Waals surface area contributed by atoms with Gasteiger partial charge in [0.05, 0.1) is 0 Å². The summed E-state index contributed by atoms with van der Waals surface area (Å²) < 4.78 is 3.97. The van der Waals surface area contributed by atoms with E-state index in [0.29, 0.717) is 4.22 Å². The van der Waals surface area contributed by atoms with E-state index in [1.807, 2.05) is 0 Å². The number of hydrogen-bond acceptors (Lipinski definition) is 0. The van der Waals surface area contributed by atoms with E-state index in [-0.39, 0.29) is 32.3 Å². The van der Waals surface area contributed by atoms with E-state index in [4.69, 9.17) is 0 Å². The van der Waals surface area contributed by atoms with Crippen LogP contribution in [0.5, 0.6) is 0 Å². The first-order chi connectivity index (χ1) is 12.0. The number of benzene rings is 1. The first-order valence-electron chi connectivity index (χ1n) is 9.85. The molecule has 1 aromatic heterocycles. The van der Waals surface area contributed by atoms with E-state index < -0.39 is 14.8 Å². The molecule has 1 unspecified atom stereocenters. The van der Waals surface area contributed by atoms with Crippen LogP contribution in [0.25, 0.3) is 6.08 Å². The van der Waals surface area contributed by atoms with Crippen LogP contribution in [-0.2, 0) is 14.8 Å². The predicted octanol–water partition coefficient (Wildman–Crippen LogP) is 7.59. The van der Waals surface area contributed by atoms with Crippen molar-refractivity contribution in [2.75, 3.05) is 0 Å². The number of hydrogen-bond donors (Lipinski definition) is 1. The van der Waals surface area contributed by atoms with Gasteiger partial charge in [0, 0.05) is 0 Å². The molecule has 0 aliphatic heterocycles. The van der Waals surface area contributed by atoms with Crippen molar-refractivity contribution in [1.29, 1.82) is 0 Å². The monoisotopic (exact) mass is 457 g/mol. The molecule has 4 heteroatoms. The number of H-pyrrole nitrogens is 1. The van der Waals surface area contributed by atoms with E-state index in [0.717, 1.165) is 0 Å². The summed E-state index contributed by atoms with van der Waals surface area (Å²) in [7, 11) is 0. The van der Waals surface area contributed by atoms with Gasteiger partial charge in [0.25, 0.3) is 0 Å². The molecule has 1 N–H and O–H groups in total. The zero-order valence-electron chi connectivity index (χ0n) is 18.6. The SMILES string of the molecule is C[C](C)=[Ti]([c]1ccc[nH]1)([CH]1C=Cc2ccccc21)([C](C)(C)C)[C](C)(C)C.Cl.Cl. The standard InChI is InChI=1S/C9H7.C4H4N.2C4H9.C3H6.2ClH.Ti/c1-2-5-9-7-3-6-8(9)4-1;1-2-4-5-3-1;2*1-4(2)3;1-3-2;;;/h1-7H;1-3,5H;2*1-3H3;1-2H3;2*1H;. The molecule has 0 amide bonds. The zero-order chi connectivity index (χ0) is 19.4. The summed E-state index contributed by atoms with van der Waals surface area (Å²) in [5, 5.41) is 0. The van der Waals surface area contributed by atoms with Crippen molar-refractivity contribution < 1.29 is 14.8 Å². The number of aromatic nitrogens is 1. The molecule has 1 aliphatic carbocycles. The van der Waals surface area contributed by atoms with Crippen LogP contribution in [0, 0.1) is 0 Å². The molecular weight excluding hydrogens is 421 g/mol. The summed E-state index contributed by atoms with van der Waals surface area (Å²) in [5.74, 6) is 0. The Labute approximate surface area is 184 Å². The van der Waals surface area contributed by atoms with E-state index in [2.05, 4.69) is 115 Å². The van der Waals surface area contributed by atoms with Crippen LogP contribution >= 0.6 is 24.8 Å². The minimum atomic E-state index is -3.70. The Hall–Kier alpha value is -0.596. The fraction of sp³-hybridized carbons (Fsp3) is 0.458. The van der Waals surface area contributed by atoms with Crippen LogP contribution in [-0.4, -0.2) is 8.80 Å². The summed E-state index contributed by atoms with van der Waals surface area (Å²) in [6.45, 7) is 19.8. The van der Waals surface area contributed by atoms with Gasteiger partial charge in [0.1, 0.15) is 0 Å². The Morgan fingerprint density at radius 3 is 1.89 bits per heavy atom. The van der Waals surface area contributed by atoms with Gasteiger partial charge >= 0.3 is 161 Å². The third-order valence-electron chi connectivity index (χ3n) is 7.73. The average molecular weight is 458 g/mol. The largest absolute Gasteiger partial charge is 0.147 e. The van der Waals surface area contributed by atoms with E-state index in [1.165, 1.54) is 15.1 Å². The minimum Gasteiger partial charge on any atom is -0.147 e. The quantitative estimate of drug-likeness (QED) is 0.447. The Bertz CT molecular complexity index is 900. The Morgan fingerprint density at radius 2 is 1.43 bits per heavy atom. The second-order valence-electron chi connectivity index (χ2n) is 10.4. The molecule has 0 saturated carbocycles. The molecule has 28 heavy (non-hydrogen) atoms. The van der Waals surface area contributed by atoms with Crippen molar-refractivity contribution in [1.82, 2.24) is 4.98 Å². The molecule has 3 rings (SSSR count). The van der Waals surface area contributed by atoms with Crippen molar-refractivity contribution in [3.8, 4) is 0 Å². The first kappa shape index (κ1) is 25.4. The molecule has 2 aromatic rings. The molecule has 1 atom stereocenters. The Balaban J connectivity index is 0.00000196. The van der Waals surface area contributed by atoms with Crippen molar-refractivity contribution in [3.05, 3.63) is 59.8 Å². The van der Waals surface area contributed by atoms with Gasteiger partial charge in [-0.3, -0.25) is 0 Å². The van der Waals surface area contributed by atoms with Crippen molar-refractivity contribution >= 4 is 38.7 Å². The van der Waals surface area contributed by atoms with Gasteiger partial charge in [-0.1, -0.05) is 0 Å². The van der Waals surface area contributed by atoms with E-state index in [1.54, 1.807) is 3.81 Å². The number of fused-ring (bicyclic) bond motifs is 1. The predicted molar refractivity (Wildman–Crippen MR) is 129 cm³/mol. The van der Waals surface area contributed by atoms with Crippen LogP contribution < -0.4 is 4.00 Å². The molecule has 0 radical (unpaired) electrons. The maximum atomic E-state index is 3.75. The van der Waals surface area contributed by atoms with Gasteiger partial charge < -0.3 is 0 Å². The van der Waals surface area contributed by atoms with Gasteiger partial charge in [-0.2, -0.15) is 0 Å². The average Bonchev–Trinajstić information content (AvgIpc) is 3.16. The normalized spacial score (nSPS) is 16.8. The zero-order valence-corrected chi connectivity index (χ0v) is 21.8.